The minimum Gasteiger partial charge on any atom is -0.495 e. The van der Waals surface area contributed by atoms with Crippen molar-refractivity contribution in [1.82, 2.24) is 14.3 Å². The molecule has 1 saturated heterocycles. The lowest BCUT2D eigenvalue weighted by molar-refractivity contribution is 0.261. The van der Waals surface area contributed by atoms with E-state index in [-0.39, 0.29) is 0 Å². The van der Waals surface area contributed by atoms with E-state index in [9.17, 15) is 0 Å². The second-order valence-corrected chi connectivity index (χ2v) is 4.77. The first-order chi connectivity index (χ1) is 8.83. The Hall–Kier alpha value is -1.55. The van der Waals surface area contributed by atoms with E-state index < -0.39 is 0 Å². The highest BCUT2D eigenvalue weighted by molar-refractivity contribution is 5.48. The van der Waals surface area contributed by atoms with Crippen LogP contribution >= 0.6 is 0 Å². The molecular weight excluding hydrogens is 226 g/mol. The Balaban J connectivity index is 2.05. The highest BCUT2D eigenvalue weighted by Gasteiger charge is 2.27. The summed E-state index contributed by atoms with van der Waals surface area (Å²) in [5.41, 5.74) is 1.13. The van der Waals surface area contributed by atoms with Crippen molar-refractivity contribution in [2.45, 2.75) is 25.8 Å². The second kappa shape index (κ2) is 4.61. The molecule has 1 aliphatic heterocycles. The monoisotopic (exact) mass is 245 g/mol. The van der Waals surface area contributed by atoms with Gasteiger partial charge in [-0.25, -0.2) is 4.98 Å². The molecule has 96 valence electrons. The summed E-state index contributed by atoms with van der Waals surface area (Å²) in [5.74, 6) is 2.02. The van der Waals surface area contributed by atoms with Crippen LogP contribution in [0.2, 0.25) is 0 Å². The molecule has 0 radical (unpaired) electrons. The van der Waals surface area contributed by atoms with E-state index in [0.717, 1.165) is 23.6 Å². The molecule has 3 heterocycles. The lowest BCUT2D eigenvalue weighted by Crippen LogP contribution is -2.24. The molecule has 1 fully saturated rings. The van der Waals surface area contributed by atoms with Crippen molar-refractivity contribution in [3.8, 4) is 5.75 Å². The predicted molar refractivity (Wildman–Crippen MR) is 71.0 cm³/mol. The van der Waals surface area contributed by atoms with Crippen LogP contribution in [0.5, 0.6) is 5.75 Å². The molecule has 0 aromatic carbocycles. The third-order valence-electron chi connectivity index (χ3n) is 3.83. The van der Waals surface area contributed by atoms with E-state index in [4.69, 9.17) is 4.74 Å². The second-order valence-electron chi connectivity index (χ2n) is 4.77. The van der Waals surface area contributed by atoms with Crippen molar-refractivity contribution in [3.05, 3.63) is 30.4 Å². The van der Waals surface area contributed by atoms with E-state index in [1.54, 1.807) is 7.11 Å². The van der Waals surface area contributed by atoms with Crippen molar-refractivity contribution in [2.24, 2.45) is 0 Å². The number of imidazole rings is 1. The molecule has 0 spiro atoms. The lowest BCUT2D eigenvalue weighted by Gasteiger charge is -2.21. The number of hydrogen-bond acceptors (Lipinski definition) is 3. The summed E-state index contributed by atoms with van der Waals surface area (Å²) in [6, 6.07) is 4.48. The molecule has 4 heteroatoms. The summed E-state index contributed by atoms with van der Waals surface area (Å²) in [6.45, 7) is 4.48. The average molecular weight is 245 g/mol. The standard InChI is InChI=1S/C14H19N3O/c1-3-16-8-4-5-13(16)14-15-9-11-6-7-12(18-2)10-17(11)14/h6-7,9-10,13H,3-5,8H2,1-2H3. The van der Waals surface area contributed by atoms with Crippen LogP contribution in [-0.2, 0) is 0 Å². The summed E-state index contributed by atoms with van der Waals surface area (Å²) < 4.78 is 7.46. The molecule has 1 unspecified atom stereocenters. The molecule has 0 N–H and O–H groups in total. The molecule has 4 nitrogen and oxygen atoms in total. The van der Waals surface area contributed by atoms with E-state index in [1.165, 1.54) is 19.4 Å². The van der Waals surface area contributed by atoms with E-state index in [1.807, 2.05) is 18.5 Å². The Morgan fingerprint density at radius 1 is 1.44 bits per heavy atom. The summed E-state index contributed by atoms with van der Waals surface area (Å²) >= 11 is 0. The number of aromatic nitrogens is 2. The number of fused-ring (bicyclic) bond motifs is 1. The number of methoxy groups -OCH3 is 1. The number of pyridine rings is 1. The zero-order chi connectivity index (χ0) is 12.5. The van der Waals surface area contributed by atoms with Gasteiger partial charge in [-0.15, -0.1) is 0 Å². The van der Waals surface area contributed by atoms with Gasteiger partial charge in [-0.3, -0.25) is 9.30 Å². The quantitative estimate of drug-likeness (QED) is 0.832. The predicted octanol–water partition coefficient (Wildman–Crippen LogP) is 2.50. The van der Waals surface area contributed by atoms with Crippen molar-refractivity contribution >= 4 is 5.52 Å². The number of hydrogen-bond donors (Lipinski definition) is 0. The minimum absolute atomic E-state index is 0.449. The number of rotatable bonds is 3. The molecular formula is C14H19N3O. The maximum atomic E-state index is 5.30. The minimum atomic E-state index is 0.449. The summed E-state index contributed by atoms with van der Waals surface area (Å²) in [7, 11) is 1.70. The van der Waals surface area contributed by atoms with Gasteiger partial charge in [0.2, 0.25) is 0 Å². The Kier molecular flexibility index (Phi) is 2.96. The van der Waals surface area contributed by atoms with Gasteiger partial charge >= 0.3 is 0 Å². The van der Waals surface area contributed by atoms with E-state index in [0.29, 0.717) is 6.04 Å². The van der Waals surface area contributed by atoms with Crippen LogP contribution in [0.15, 0.2) is 24.5 Å². The Bertz CT molecular complexity index is 549. The fraction of sp³-hybridized carbons (Fsp3) is 0.500. The smallest absolute Gasteiger partial charge is 0.135 e. The molecule has 1 atom stereocenters. The molecule has 2 aromatic heterocycles. The molecule has 1 aliphatic rings. The molecule has 0 bridgehead atoms. The van der Waals surface area contributed by atoms with Crippen molar-refractivity contribution in [3.63, 3.8) is 0 Å². The van der Waals surface area contributed by atoms with Crippen molar-refractivity contribution in [2.75, 3.05) is 20.2 Å². The molecule has 0 aliphatic carbocycles. The third-order valence-corrected chi connectivity index (χ3v) is 3.83. The maximum Gasteiger partial charge on any atom is 0.135 e. The first-order valence-corrected chi connectivity index (χ1v) is 6.58. The fourth-order valence-corrected chi connectivity index (χ4v) is 2.86. The van der Waals surface area contributed by atoms with Gasteiger partial charge in [0.15, 0.2) is 0 Å². The van der Waals surface area contributed by atoms with Crippen LogP contribution < -0.4 is 4.74 Å². The van der Waals surface area contributed by atoms with Gasteiger partial charge in [-0.2, -0.15) is 0 Å². The van der Waals surface area contributed by atoms with Crippen LogP contribution in [0.1, 0.15) is 31.6 Å². The molecule has 0 amide bonds. The van der Waals surface area contributed by atoms with Gasteiger partial charge < -0.3 is 4.74 Å². The van der Waals surface area contributed by atoms with Crippen molar-refractivity contribution < 1.29 is 4.74 Å². The first-order valence-electron chi connectivity index (χ1n) is 6.58. The SMILES string of the molecule is CCN1CCCC1c1ncc2ccc(OC)cn12. The fourth-order valence-electron chi connectivity index (χ4n) is 2.86. The average Bonchev–Trinajstić information content (AvgIpc) is 3.03. The van der Waals surface area contributed by atoms with E-state index in [2.05, 4.69) is 27.3 Å². The molecule has 0 saturated carbocycles. The molecule has 2 aromatic rings. The van der Waals surface area contributed by atoms with Crippen LogP contribution in [0.3, 0.4) is 0 Å². The van der Waals surface area contributed by atoms with Gasteiger partial charge in [0.25, 0.3) is 0 Å². The Morgan fingerprint density at radius 3 is 3.11 bits per heavy atom. The van der Waals surface area contributed by atoms with Crippen LogP contribution in [0.25, 0.3) is 5.52 Å². The highest BCUT2D eigenvalue weighted by atomic mass is 16.5. The van der Waals surface area contributed by atoms with Crippen LogP contribution in [-0.4, -0.2) is 34.5 Å². The van der Waals surface area contributed by atoms with Gasteiger partial charge in [0, 0.05) is 0 Å². The number of ether oxygens (including phenoxy) is 1. The molecule has 18 heavy (non-hydrogen) atoms. The summed E-state index contributed by atoms with van der Waals surface area (Å²) in [6.07, 6.45) is 6.44. The summed E-state index contributed by atoms with van der Waals surface area (Å²) in [5, 5.41) is 0. The van der Waals surface area contributed by atoms with E-state index >= 15 is 0 Å². The van der Waals surface area contributed by atoms with Crippen LogP contribution in [0.4, 0.5) is 0 Å². The maximum absolute atomic E-state index is 5.30. The Labute approximate surface area is 107 Å². The topological polar surface area (TPSA) is 29.8 Å². The first kappa shape index (κ1) is 11.5. The van der Waals surface area contributed by atoms with Gasteiger partial charge in [-0.1, -0.05) is 6.92 Å². The largest absolute Gasteiger partial charge is 0.495 e. The third kappa shape index (κ3) is 1.77. The molecule has 3 rings (SSSR count). The van der Waals surface area contributed by atoms with Gasteiger partial charge in [-0.05, 0) is 38.1 Å². The Morgan fingerprint density at radius 2 is 2.33 bits per heavy atom. The van der Waals surface area contributed by atoms with Gasteiger partial charge in [0.05, 0.1) is 31.1 Å². The normalized spacial score (nSPS) is 20.7. The lowest BCUT2D eigenvalue weighted by atomic mass is 10.2. The zero-order valence-corrected chi connectivity index (χ0v) is 11.0. The van der Waals surface area contributed by atoms with Gasteiger partial charge in [0.1, 0.15) is 11.6 Å². The zero-order valence-electron chi connectivity index (χ0n) is 11.0. The number of nitrogens with zero attached hydrogens (tertiary/aromatic N) is 3. The summed E-state index contributed by atoms with van der Waals surface area (Å²) in [4.78, 5) is 7.11. The van der Waals surface area contributed by atoms with Crippen LogP contribution in [0, 0.1) is 0 Å². The number of likely N-dealkylation sites (tertiary alicyclic amines) is 1. The van der Waals surface area contributed by atoms with Crippen molar-refractivity contribution in [1.29, 1.82) is 0 Å². The highest BCUT2D eigenvalue weighted by Crippen LogP contribution is 2.31.